The standard InChI is InChI=1S/C22H24Cl2N2O2/c23-17-11-9-16(19(24)15-17)10-12-21(27)25-20-8-4-3-7-18(20)22(28)26-13-5-1-2-6-14-26/h3-4,7-9,11,15H,1-2,5-6,10,12-14H2,(H,25,27). The summed E-state index contributed by atoms with van der Waals surface area (Å²) in [7, 11) is 0. The maximum Gasteiger partial charge on any atom is 0.255 e. The van der Waals surface area contributed by atoms with Crippen molar-refractivity contribution in [3.8, 4) is 0 Å². The van der Waals surface area contributed by atoms with Gasteiger partial charge in [-0.15, -0.1) is 0 Å². The molecule has 2 aromatic carbocycles. The van der Waals surface area contributed by atoms with Gasteiger partial charge in [0.15, 0.2) is 0 Å². The predicted octanol–water partition coefficient (Wildman–Crippen LogP) is 5.58. The van der Waals surface area contributed by atoms with Crippen LogP contribution in [0.2, 0.25) is 10.0 Å². The van der Waals surface area contributed by atoms with E-state index < -0.39 is 0 Å². The van der Waals surface area contributed by atoms with E-state index in [1.165, 1.54) is 0 Å². The molecule has 1 aliphatic heterocycles. The second kappa shape index (κ2) is 9.94. The van der Waals surface area contributed by atoms with E-state index in [0.717, 1.165) is 44.3 Å². The fourth-order valence-electron chi connectivity index (χ4n) is 3.41. The van der Waals surface area contributed by atoms with Crippen molar-refractivity contribution in [3.05, 3.63) is 63.6 Å². The summed E-state index contributed by atoms with van der Waals surface area (Å²) in [6.45, 7) is 1.55. The van der Waals surface area contributed by atoms with E-state index in [9.17, 15) is 9.59 Å². The number of benzene rings is 2. The van der Waals surface area contributed by atoms with E-state index in [-0.39, 0.29) is 18.2 Å². The molecule has 0 aromatic heterocycles. The monoisotopic (exact) mass is 418 g/mol. The van der Waals surface area contributed by atoms with E-state index in [4.69, 9.17) is 23.2 Å². The van der Waals surface area contributed by atoms with Crippen molar-refractivity contribution in [2.24, 2.45) is 0 Å². The summed E-state index contributed by atoms with van der Waals surface area (Å²) in [5.41, 5.74) is 1.97. The molecule has 1 heterocycles. The lowest BCUT2D eigenvalue weighted by Gasteiger charge is -2.22. The van der Waals surface area contributed by atoms with Gasteiger partial charge in [0, 0.05) is 29.6 Å². The highest BCUT2D eigenvalue weighted by atomic mass is 35.5. The molecule has 0 saturated carbocycles. The van der Waals surface area contributed by atoms with Crippen molar-refractivity contribution >= 4 is 40.7 Å². The van der Waals surface area contributed by atoms with Crippen molar-refractivity contribution in [1.29, 1.82) is 0 Å². The first-order valence-corrected chi connectivity index (χ1v) is 10.4. The number of rotatable bonds is 5. The van der Waals surface area contributed by atoms with Crippen molar-refractivity contribution in [1.82, 2.24) is 4.90 Å². The lowest BCUT2D eigenvalue weighted by Crippen LogP contribution is -2.32. The topological polar surface area (TPSA) is 49.4 Å². The number of halogens is 2. The zero-order valence-electron chi connectivity index (χ0n) is 15.7. The van der Waals surface area contributed by atoms with Crippen LogP contribution in [-0.4, -0.2) is 29.8 Å². The molecule has 0 radical (unpaired) electrons. The van der Waals surface area contributed by atoms with Crippen LogP contribution in [-0.2, 0) is 11.2 Å². The zero-order valence-corrected chi connectivity index (χ0v) is 17.2. The number of nitrogens with one attached hydrogen (secondary N) is 1. The zero-order chi connectivity index (χ0) is 19.9. The van der Waals surface area contributed by atoms with Crippen molar-refractivity contribution in [2.75, 3.05) is 18.4 Å². The van der Waals surface area contributed by atoms with Crippen LogP contribution in [0.25, 0.3) is 0 Å². The minimum Gasteiger partial charge on any atom is -0.339 e. The lowest BCUT2D eigenvalue weighted by atomic mass is 10.1. The summed E-state index contributed by atoms with van der Waals surface area (Å²) in [5, 5.41) is 4.01. The molecule has 1 saturated heterocycles. The Labute approximate surface area is 175 Å². The molecule has 2 aromatic rings. The van der Waals surface area contributed by atoms with Gasteiger partial charge in [0.25, 0.3) is 5.91 Å². The molecule has 1 N–H and O–H groups in total. The van der Waals surface area contributed by atoms with Crippen LogP contribution in [0.1, 0.15) is 48.0 Å². The van der Waals surface area contributed by atoms with Crippen molar-refractivity contribution in [2.45, 2.75) is 38.5 Å². The van der Waals surface area contributed by atoms with Crippen LogP contribution >= 0.6 is 23.2 Å². The molecule has 0 aliphatic carbocycles. The molecule has 0 bridgehead atoms. The van der Waals surface area contributed by atoms with Crippen LogP contribution in [0.3, 0.4) is 0 Å². The Bertz CT molecular complexity index is 846. The first kappa shape index (κ1) is 20.7. The normalized spacial score (nSPS) is 14.4. The van der Waals surface area contributed by atoms with E-state index in [0.29, 0.717) is 27.7 Å². The Balaban J connectivity index is 1.65. The molecule has 0 unspecified atom stereocenters. The van der Waals surface area contributed by atoms with Gasteiger partial charge in [0.05, 0.1) is 11.3 Å². The van der Waals surface area contributed by atoms with Gasteiger partial charge in [-0.2, -0.15) is 0 Å². The second-order valence-corrected chi connectivity index (χ2v) is 7.88. The Morgan fingerprint density at radius 3 is 2.39 bits per heavy atom. The van der Waals surface area contributed by atoms with E-state index in [1.54, 1.807) is 24.3 Å². The molecule has 6 heteroatoms. The predicted molar refractivity (Wildman–Crippen MR) is 114 cm³/mol. The molecule has 28 heavy (non-hydrogen) atoms. The number of likely N-dealkylation sites (tertiary alicyclic amines) is 1. The molecule has 2 amide bonds. The number of anilines is 1. The highest BCUT2D eigenvalue weighted by Gasteiger charge is 2.20. The minimum atomic E-state index is -0.151. The van der Waals surface area contributed by atoms with E-state index >= 15 is 0 Å². The Kier molecular flexibility index (Phi) is 7.35. The fraction of sp³-hybridized carbons (Fsp3) is 0.364. The number of hydrogen-bond donors (Lipinski definition) is 1. The van der Waals surface area contributed by atoms with Gasteiger partial charge in [-0.3, -0.25) is 9.59 Å². The van der Waals surface area contributed by atoms with Gasteiger partial charge < -0.3 is 10.2 Å². The van der Waals surface area contributed by atoms with Crippen LogP contribution in [0.5, 0.6) is 0 Å². The molecular weight excluding hydrogens is 395 g/mol. The molecule has 3 rings (SSSR count). The third kappa shape index (κ3) is 5.49. The number of carbonyl (C=O) groups is 2. The third-order valence-electron chi connectivity index (χ3n) is 4.96. The van der Waals surface area contributed by atoms with Crippen LogP contribution in [0.15, 0.2) is 42.5 Å². The third-order valence-corrected chi connectivity index (χ3v) is 5.55. The van der Waals surface area contributed by atoms with Crippen molar-refractivity contribution < 1.29 is 9.59 Å². The van der Waals surface area contributed by atoms with E-state index in [2.05, 4.69) is 5.32 Å². The number of amides is 2. The first-order valence-electron chi connectivity index (χ1n) is 9.66. The summed E-state index contributed by atoms with van der Waals surface area (Å²) in [6, 6.07) is 12.5. The van der Waals surface area contributed by atoms with Gasteiger partial charge in [0.2, 0.25) is 5.91 Å². The van der Waals surface area contributed by atoms with Crippen LogP contribution in [0.4, 0.5) is 5.69 Å². The summed E-state index contributed by atoms with van der Waals surface area (Å²) < 4.78 is 0. The number of carbonyl (C=O) groups excluding carboxylic acids is 2. The van der Waals surface area contributed by atoms with Crippen LogP contribution in [0, 0.1) is 0 Å². The van der Waals surface area contributed by atoms with Gasteiger partial charge in [-0.05, 0) is 49.1 Å². The van der Waals surface area contributed by atoms with Crippen LogP contribution < -0.4 is 5.32 Å². The molecule has 1 fully saturated rings. The summed E-state index contributed by atoms with van der Waals surface area (Å²) >= 11 is 12.1. The minimum absolute atomic E-state index is 0.0152. The van der Waals surface area contributed by atoms with Gasteiger partial charge in [-0.1, -0.05) is 54.2 Å². The summed E-state index contributed by atoms with van der Waals surface area (Å²) in [6.07, 6.45) is 5.16. The molecule has 1 aliphatic rings. The number of aryl methyl sites for hydroxylation is 1. The Morgan fingerprint density at radius 1 is 0.964 bits per heavy atom. The molecule has 4 nitrogen and oxygen atoms in total. The highest BCUT2D eigenvalue weighted by molar-refractivity contribution is 6.35. The lowest BCUT2D eigenvalue weighted by molar-refractivity contribution is -0.116. The SMILES string of the molecule is O=C(CCc1ccc(Cl)cc1Cl)Nc1ccccc1C(=O)N1CCCCCC1. The Morgan fingerprint density at radius 2 is 1.68 bits per heavy atom. The highest BCUT2D eigenvalue weighted by Crippen LogP contribution is 2.23. The number of hydrogen-bond acceptors (Lipinski definition) is 2. The first-order chi connectivity index (χ1) is 13.5. The Hall–Kier alpha value is -2.04. The summed E-state index contributed by atoms with van der Waals surface area (Å²) in [4.78, 5) is 27.3. The van der Waals surface area contributed by atoms with Gasteiger partial charge in [0.1, 0.15) is 0 Å². The average Bonchev–Trinajstić information content (AvgIpc) is 2.97. The molecule has 0 spiro atoms. The number of para-hydroxylation sites is 1. The fourth-order valence-corrected chi connectivity index (χ4v) is 3.91. The average molecular weight is 419 g/mol. The maximum absolute atomic E-state index is 13.0. The number of nitrogens with zero attached hydrogens (tertiary/aromatic N) is 1. The molecular formula is C22H24Cl2N2O2. The van der Waals surface area contributed by atoms with Gasteiger partial charge >= 0.3 is 0 Å². The van der Waals surface area contributed by atoms with E-state index in [1.807, 2.05) is 23.1 Å². The van der Waals surface area contributed by atoms with Gasteiger partial charge in [-0.25, -0.2) is 0 Å². The smallest absolute Gasteiger partial charge is 0.255 e. The van der Waals surface area contributed by atoms with Crippen molar-refractivity contribution in [3.63, 3.8) is 0 Å². The molecule has 0 atom stereocenters. The largest absolute Gasteiger partial charge is 0.339 e. The quantitative estimate of drug-likeness (QED) is 0.688. The summed E-state index contributed by atoms with van der Waals surface area (Å²) in [5.74, 6) is -0.166. The second-order valence-electron chi connectivity index (χ2n) is 7.04. The maximum atomic E-state index is 13.0. The molecule has 148 valence electrons.